The van der Waals surface area contributed by atoms with Crippen molar-refractivity contribution >= 4 is 44.9 Å². The number of H-pyrrole nitrogens is 1. The van der Waals surface area contributed by atoms with Crippen molar-refractivity contribution in [3.8, 4) is 0 Å². The number of aryl methyl sites for hydroxylation is 1. The number of aromatic carboxylic acids is 1. The zero-order valence-corrected chi connectivity index (χ0v) is 17.6. The predicted molar refractivity (Wildman–Crippen MR) is 120 cm³/mol. The highest BCUT2D eigenvalue weighted by Crippen LogP contribution is 2.37. The molecule has 1 aromatic heterocycles. The maximum absolute atomic E-state index is 13.5. The van der Waals surface area contributed by atoms with Crippen molar-refractivity contribution < 1.29 is 23.1 Å². The van der Waals surface area contributed by atoms with Gasteiger partial charge in [-0.3, -0.25) is 9.10 Å². The predicted octanol–water partition coefficient (Wildman–Crippen LogP) is 3.35. The van der Waals surface area contributed by atoms with Gasteiger partial charge in [-0.05, 0) is 60.9 Å². The van der Waals surface area contributed by atoms with Crippen LogP contribution in [0.5, 0.6) is 0 Å². The fourth-order valence-electron chi connectivity index (χ4n) is 4.12. The molecule has 162 valence electrons. The molecule has 3 heterocycles. The molecular weight excluding hydrogens is 430 g/mol. The lowest BCUT2D eigenvalue weighted by Gasteiger charge is -2.30. The molecule has 8 nitrogen and oxygen atoms in total. The minimum absolute atomic E-state index is 0.00410. The molecule has 32 heavy (non-hydrogen) atoms. The number of hydrogen-bond acceptors (Lipinski definition) is 4. The van der Waals surface area contributed by atoms with Crippen LogP contribution in [0.4, 0.5) is 11.4 Å². The van der Waals surface area contributed by atoms with E-state index in [4.69, 9.17) is 5.11 Å². The molecule has 1 amide bonds. The van der Waals surface area contributed by atoms with E-state index >= 15 is 0 Å². The Morgan fingerprint density at radius 3 is 2.69 bits per heavy atom. The fraction of sp³-hybridized carbons (Fsp3) is 0.130. The smallest absolute Gasteiger partial charge is 0.352 e. The second kappa shape index (κ2) is 7.38. The average molecular weight is 449 g/mol. The Bertz CT molecular complexity index is 1400. The number of carboxylic acid groups (broad SMARTS) is 1. The number of carbonyl (C=O) groups excluding carboxylic acids is 1. The second-order valence-corrected chi connectivity index (χ2v) is 9.52. The van der Waals surface area contributed by atoms with Gasteiger partial charge in [-0.2, -0.15) is 0 Å². The third-order valence-electron chi connectivity index (χ3n) is 5.67. The third-order valence-corrected chi connectivity index (χ3v) is 7.48. The van der Waals surface area contributed by atoms with Gasteiger partial charge in [0.15, 0.2) is 0 Å². The number of amides is 1. The van der Waals surface area contributed by atoms with Crippen LogP contribution in [-0.4, -0.2) is 36.9 Å². The van der Waals surface area contributed by atoms with Crippen LogP contribution in [0, 0.1) is 0 Å². The van der Waals surface area contributed by atoms with Gasteiger partial charge in [0.25, 0.3) is 15.9 Å². The summed E-state index contributed by atoms with van der Waals surface area (Å²) in [5.74, 6) is -1.49. The summed E-state index contributed by atoms with van der Waals surface area (Å²) in [6.07, 6.45) is 3.07. The molecule has 5 rings (SSSR count). The number of fused-ring (bicyclic) bond motifs is 2. The molecule has 0 spiro atoms. The highest BCUT2D eigenvalue weighted by Gasteiger charge is 2.32. The molecule has 9 heteroatoms. The van der Waals surface area contributed by atoms with Crippen molar-refractivity contribution in [2.45, 2.75) is 17.7 Å². The number of benzene rings is 2. The summed E-state index contributed by atoms with van der Waals surface area (Å²) in [7, 11) is -3.84. The number of carbonyl (C=O) groups is 2. The number of anilines is 2. The van der Waals surface area contributed by atoms with Gasteiger partial charge in [0, 0.05) is 23.5 Å². The molecule has 0 aliphatic carbocycles. The maximum Gasteiger partial charge on any atom is 0.352 e. The largest absolute Gasteiger partial charge is 0.477 e. The van der Waals surface area contributed by atoms with Gasteiger partial charge >= 0.3 is 5.97 Å². The van der Waals surface area contributed by atoms with Crippen LogP contribution in [0.25, 0.3) is 11.6 Å². The van der Waals surface area contributed by atoms with Gasteiger partial charge in [-0.15, -0.1) is 0 Å². The molecule has 2 aromatic carbocycles. The summed E-state index contributed by atoms with van der Waals surface area (Å²) in [5, 5.41) is 11.8. The van der Waals surface area contributed by atoms with Crippen LogP contribution in [0.3, 0.4) is 0 Å². The van der Waals surface area contributed by atoms with E-state index in [9.17, 15) is 18.0 Å². The first-order valence-electron chi connectivity index (χ1n) is 10.0. The van der Waals surface area contributed by atoms with E-state index in [1.807, 2.05) is 18.2 Å². The van der Waals surface area contributed by atoms with E-state index in [0.717, 1.165) is 18.4 Å². The van der Waals surface area contributed by atoms with Crippen molar-refractivity contribution in [1.29, 1.82) is 0 Å². The molecule has 0 fully saturated rings. The number of aromatic amines is 1. The van der Waals surface area contributed by atoms with E-state index in [0.29, 0.717) is 29.2 Å². The van der Waals surface area contributed by atoms with E-state index in [-0.39, 0.29) is 22.1 Å². The summed E-state index contributed by atoms with van der Waals surface area (Å²) in [6, 6.07) is 15.0. The summed E-state index contributed by atoms with van der Waals surface area (Å²) in [4.78, 5) is 26.4. The highest BCUT2D eigenvalue weighted by atomic mass is 32.2. The quantitative estimate of drug-likeness (QED) is 0.528. The third kappa shape index (κ3) is 3.27. The highest BCUT2D eigenvalue weighted by molar-refractivity contribution is 7.92. The average Bonchev–Trinajstić information content (AvgIpc) is 3.38. The van der Waals surface area contributed by atoms with E-state index in [1.54, 1.807) is 18.2 Å². The Morgan fingerprint density at radius 1 is 1.09 bits per heavy atom. The van der Waals surface area contributed by atoms with Gasteiger partial charge in [-0.1, -0.05) is 18.2 Å². The molecule has 2 aliphatic heterocycles. The van der Waals surface area contributed by atoms with Crippen LogP contribution in [0.15, 0.2) is 59.5 Å². The van der Waals surface area contributed by atoms with Gasteiger partial charge in [0.1, 0.15) is 5.69 Å². The minimum Gasteiger partial charge on any atom is -0.477 e. The zero-order valence-electron chi connectivity index (χ0n) is 16.8. The number of nitrogens with one attached hydrogen (secondary N) is 2. The summed E-state index contributed by atoms with van der Waals surface area (Å²) < 4.78 is 28.4. The number of nitrogens with zero attached hydrogens (tertiary/aromatic N) is 1. The van der Waals surface area contributed by atoms with Crippen molar-refractivity contribution in [3.05, 3.63) is 77.1 Å². The number of carboxylic acids is 1. The topological polar surface area (TPSA) is 120 Å². The Balaban J connectivity index is 1.56. The standard InChI is InChI=1S/C23H19N3O5S/c27-22-18(12-15-7-9-20(24-15)23(28)29)17-13-16(8-10-19(17)25-22)32(30,31)26-11-3-5-14-4-1-2-6-21(14)26/h1-2,4,6-10,12-13,24H,3,5,11H2,(H,25,27)(H,28,29)/b18-12-. The molecule has 0 bridgehead atoms. The van der Waals surface area contributed by atoms with Crippen molar-refractivity contribution in [2.24, 2.45) is 0 Å². The lowest BCUT2D eigenvalue weighted by Crippen LogP contribution is -2.35. The van der Waals surface area contributed by atoms with Gasteiger partial charge in [-0.25, -0.2) is 13.2 Å². The van der Waals surface area contributed by atoms with Crippen LogP contribution in [-0.2, 0) is 21.2 Å². The fourth-order valence-corrected chi connectivity index (χ4v) is 5.69. The Labute approximate surface area is 184 Å². The maximum atomic E-state index is 13.5. The van der Waals surface area contributed by atoms with Gasteiger partial charge in [0.2, 0.25) is 0 Å². The summed E-state index contributed by atoms with van der Waals surface area (Å²) in [6.45, 7) is 0.386. The number of para-hydroxylation sites is 1. The van der Waals surface area contributed by atoms with Crippen molar-refractivity contribution in [3.63, 3.8) is 0 Å². The number of hydrogen-bond donors (Lipinski definition) is 3. The summed E-state index contributed by atoms with van der Waals surface area (Å²) >= 11 is 0. The minimum atomic E-state index is -3.84. The number of aromatic nitrogens is 1. The molecule has 0 saturated heterocycles. The van der Waals surface area contributed by atoms with Crippen LogP contribution < -0.4 is 9.62 Å². The van der Waals surface area contributed by atoms with Crippen LogP contribution in [0.2, 0.25) is 0 Å². The van der Waals surface area contributed by atoms with Crippen LogP contribution in [0.1, 0.15) is 33.7 Å². The molecule has 0 atom stereocenters. The number of sulfonamides is 1. The molecule has 0 radical (unpaired) electrons. The zero-order chi connectivity index (χ0) is 22.5. The Morgan fingerprint density at radius 2 is 1.91 bits per heavy atom. The number of rotatable bonds is 4. The molecule has 0 unspecified atom stereocenters. The monoisotopic (exact) mass is 449 g/mol. The molecule has 0 saturated carbocycles. The molecule has 2 aliphatic rings. The van der Waals surface area contributed by atoms with Gasteiger partial charge in [0.05, 0.1) is 16.2 Å². The van der Waals surface area contributed by atoms with E-state index in [1.165, 1.54) is 28.6 Å². The first-order valence-corrected chi connectivity index (χ1v) is 11.5. The van der Waals surface area contributed by atoms with Crippen LogP contribution >= 0.6 is 0 Å². The van der Waals surface area contributed by atoms with Crippen molar-refractivity contribution in [1.82, 2.24) is 4.98 Å². The molecular formula is C23H19N3O5S. The lowest BCUT2D eigenvalue weighted by atomic mass is 10.0. The SMILES string of the molecule is O=C1Nc2ccc(S(=O)(=O)N3CCCc4ccccc43)cc2/C1=C/c1ccc(C(=O)O)[nH]1. The first kappa shape index (κ1) is 20.1. The lowest BCUT2D eigenvalue weighted by molar-refractivity contribution is -0.110. The molecule has 3 N–H and O–H groups in total. The van der Waals surface area contributed by atoms with E-state index < -0.39 is 16.0 Å². The second-order valence-electron chi connectivity index (χ2n) is 7.66. The summed E-state index contributed by atoms with van der Waals surface area (Å²) in [5.41, 5.74) is 3.31. The van der Waals surface area contributed by atoms with Crippen molar-refractivity contribution in [2.75, 3.05) is 16.2 Å². The Hall–Kier alpha value is -3.85. The van der Waals surface area contributed by atoms with Gasteiger partial charge < -0.3 is 15.4 Å². The normalized spacial score (nSPS) is 16.6. The molecule has 3 aromatic rings. The first-order chi connectivity index (χ1) is 15.3. The van der Waals surface area contributed by atoms with E-state index in [2.05, 4.69) is 10.3 Å². The Kier molecular flexibility index (Phi) is 4.63.